The van der Waals surface area contributed by atoms with Gasteiger partial charge in [-0.2, -0.15) is 0 Å². The number of hydrogen-bond acceptors (Lipinski definition) is 5. The number of hydrogen-bond donors (Lipinski definition) is 0. The molecule has 2 heterocycles. The number of rotatable bonds is 3. The molecular formula is C25H26O5. The maximum absolute atomic E-state index is 12.6. The van der Waals surface area contributed by atoms with Gasteiger partial charge in [-0.1, -0.05) is 44.2 Å². The second-order valence-corrected chi connectivity index (χ2v) is 8.20. The minimum absolute atomic E-state index is 0.236. The Morgan fingerprint density at radius 1 is 0.900 bits per heavy atom. The van der Waals surface area contributed by atoms with Gasteiger partial charge in [-0.25, -0.2) is 9.59 Å². The first kappa shape index (κ1) is 20.4. The van der Waals surface area contributed by atoms with Crippen molar-refractivity contribution in [3.8, 4) is 0 Å². The summed E-state index contributed by atoms with van der Waals surface area (Å²) in [6.45, 7) is 8.50. The third-order valence-corrected chi connectivity index (χ3v) is 6.13. The Bertz CT molecular complexity index is 1070. The van der Waals surface area contributed by atoms with Gasteiger partial charge in [0.1, 0.15) is 12.2 Å². The summed E-state index contributed by atoms with van der Waals surface area (Å²) < 4.78 is 16.1. The Kier molecular flexibility index (Phi) is 5.02. The maximum Gasteiger partial charge on any atom is 0.337 e. The van der Waals surface area contributed by atoms with Gasteiger partial charge in [0.25, 0.3) is 0 Å². The Morgan fingerprint density at radius 3 is 2.10 bits per heavy atom. The van der Waals surface area contributed by atoms with Crippen LogP contribution in [0.3, 0.4) is 0 Å². The van der Waals surface area contributed by atoms with Crippen LogP contribution in [0.4, 0.5) is 0 Å². The van der Waals surface area contributed by atoms with Gasteiger partial charge in [0.05, 0.1) is 25.4 Å². The van der Waals surface area contributed by atoms with E-state index in [2.05, 4.69) is 52.0 Å². The van der Waals surface area contributed by atoms with Gasteiger partial charge < -0.3 is 14.2 Å². The second-order valence-electron chi connectivity index (χ2n) is 8.20. The summed E-state index contributed by atoms with van der Waals surface area (Å²) in [5.41, 5.74) is 7.92. The summed E-state index contributed by atoms with van der Waals surface area (Å²) >= 11 is 0. The van der Waals surface area contributed by atoms with Crippen LogP contribution in [0.2, 0.25) is 0 Å². The van der Waals surface area contributed by atoms with Crippen molar-refractivity contribution in [2.75, 3.05) is 14.2 Å². The van der Waals surface area contributed by atoms with Crippen LogP contribution in [0.5, 0.6) is 0 Å². The van der Waals surface area contributed by atoms with Crippen LogP contribution in [0, 0.1) is 5.92 Å². The SMILES string of the molecule is COC(=O)C1=C(C(=O)OC)[C@H]2O[C@@H]1C1=C2C=CC(C)=C2C=C(C(C)C)C=CC(C)=C21. The number of carbonyl (C=O) groups is 2. The van der Waals surface area contributed by atoms with Gasteiger partial charge in [-0.3, -0.25) is 0 Å². The Balaban J connectivity index is 1.94. The van der Waals surface area contributed by atoms with Crippen molar-refractivity contribution in [2.45, 2.75) is 39.9 Å². The zero-order valence-electron chi connectivity index (χ0n) is 18.2. The number of fused-ring (bicyclic) bond motifs is 6. The van der Waals surface area contributed by atoms with Crippen LogP contribution in [0.1, 0.15) is 27.7 Å². The third-order valence-electron chi connectivity index (χ3n) is 6.13. The number of carbonyl (C=O) groups excluding carboxylic acids is 2. The highest BCUT2D eigenvalue weighted by atomic mass is 16.5. The van der Waals surface area contributed by atoms with Crippen LogP contribution in [-0.2, 0) is 23.8 Å². The predicted molar refractivity (Wildman–Crippen MR) is 113 cm³/mol. The fraction of sp³-hybridized carbons (Fsp3) is 0.360. The number of methoxy groups -OCH3 is 2. The van der Waals surface area contributed by atoms with E-state index in [1.165, 1.54) is 19.8 Å². The lowest BCUT2D eigenvalue weighted by Gasteiger charge is -2.22. The molecule has 2 atom stereocenters. The lowest BCUT2D eigenvalue weighted by atomic mass is 9.79. The number of allylic oxidation sites excluding steroid dienone is 8. The first-order valence-corrected chi connectivity index (χ1v) is 10.1. The summed E-state index contributed by atoms with van der Waals surface area (Å²) in [6.07, 6.45) is 9.24. The molecule has 4 aliphatic rings. The Morgan fingerprint density at radius 2 is 1.50 bits per heavy atom. The molecule has 2 aliphatic carbocycles. The van der Waals surface area contributed by atoms with E-state index in [1.807, 2.05) is 6.08 Å². The molecule has 0 aromatic heterocycles. The van der Waals surface area contributed by atoms with Crippen LogP contribution in [-0.4, -0.2) is 38.4 Å². The molecule has 0 spiro atoms. The molecule has 2 aliphatic heterocycles. The first-order valence-electron chi connectivity index (χ1n) is 10.1. The van der Waals surface area contributed by atoms with Crippen molar-refractivity contribution < 1.29 is 23.8 Å². The van der Waals surface area contributed by atoms with Gasteiger partial charge in [0, 0.05) is 0 Å². The third kappa shape index (κ3) is 2.88. The highest BCUT2D eigenvalue weighted by molar-refractivity contribution is 6.05. The second kappa shape index (κ2) is 7.40. The molecule has 2 bridgehead atoms. The molecule has 0 aromatic carbocycles. The summed E-state index contributed by atoms with van der Waals surface area (Å²) in [5, 5.41) is 0. The minimum Gasteiger partial charge on any atom is -0.466 e. The molecule has 5 heteroatoms. The monoisotopic (exact) mass is 406 g/mol. The van der Waals surface area contributed by atoms with Crippen LogP contribution in [0.25, 0.3) is 0 Å². The van der Waals surface area contributed by atoms with E-state index in [1.54, 1.807) is 0 Å². The molecule has 0 saturated heterocycles. The van der Waals surface area contributed by atoms with E-state index in [0.29, 0.717) is 5.92 Å². The molecule has 0 N–H and O–H groups in total. The standard InChI is InChI=1S/C25H26O5/c1-12(2)15-9-7-14(4)18-17(11-15)13(3)8-10-16-19(18)23-21(25(27)29-6)20(22(16)30-23)24(26)28-5/h7-12,22-23H,1-6H3/t22-,23+/m0/s1. The molecule has 0 unspecified atom stereocenters. The number of ether oxygens (including phenoxy) is 3. The lowest BCUT2D eigenvalue weighted by Crippen LogP contribution is -2.26. The quantitative estimate of drug-likeness (QED) is 0.662. The van der Waals surface area contributed by atoms with Gasteiger partial charge in [-0.05, 0) is 58.8 Å². The Labute approximate surface area is 176 Å². The van der Waals surface area contributed by atoms with Crippen molar-refractivity contribution in [1.82, 2.24) is 0 Å². The fourth-order valence-electron chi connectivity index (χ4n) is 4.53. The molecule has 156 valence electrons. The van der Waals surface area contributed by atoms with Crippen molar-refractivity contribution in [3.05, 3.63) is 80.5 Å². The molecule has 0 saturated carbocycles. The van der Waals surface area contributed by atoms with E-state index in [4.69, 9.17) is 14.2 Å². The summed E-state index contributed by atoms with van der Waals surface area (Å²) in [5.74, 6) is -0.752. The first-order chi connectivity index (χ1) is 14.3. The maximum atomic E-state index is 12.6. The van der Waals surface area contributed by atoms with E-state index < -0.39 is 24.1 Å². The summed E-state index contributed by atoms with van der Waals surface area (Å²) in [7, 11) is 2.61. The molecular weight excluding hydrogens is 380 g/mol. The van der Waals surface area contributed by atoms with Crippen LogP contribution in [0.15, 0.2) is 80.5 Å². The zero-order chi connectivity index (χ0) is 21.7. The van der Waals surface area contributed by atoms with Crippen LogP contribution < -0.4 is 0 Å². The minimum atomic E-state index is -0.663. The summed E-state index contributed by atoms with van der Waals surface area (Å²) in [6, 6.07) is 0. The Hall–Kier alpha value is -2.92. The van der Waals surface area contributed by atoms with Gasteiger partial charge >= 0.3 is 11.9 Å². The molecule has 30 heavy (non-hydrogen) atoms. The van der Waals surface area contributed by atoms with E-state index in [9.17, 15) is 9.59 Å². The average Bonchev–Trinajstić information content (AvgIpc) is 3.17. The van der Waals surface area contributed by atoms with Crippen LogP contribution >= 0.6 is 0 Å². The molecule has 0 fully saturated rings. The lowest BCUT2D eigenvalue weighted by molar-refractivity contribution is -0.139. The van der Waals surface area contributed by atoms with Crippen molar-refractivity contribution >= 4 is 11.9 Å². The molecule has 4 rings (SSSR count). The molecule has 0 aromatic rings. The highest BCUT2D eigenvalue weighted by Crippen LogP contribution is 2.51. The van der Waals surface area contributed by atoms with Crippen molar-refractivity contribution in [2.24, 2.45) is 5.92 Å². The van der Waals surface area contributed by atoms with Gasteiger partial charge in [0.2, 0.25) is 0 Å². The van der Waals surface area contributed by atoms with Gasteiger partial charge in [0.15, 0.2) is 0 Å². The molecule has 0 radical (unpaired) electrons. The fourth-order valence-corrected chi connectivity index (χ4v) is 4.53. The van der Waals surface area contributed by atoms with E-state index in [0.717, 1.165) is 33.4 Å². The van der Waals surface area contributed by atoms with Crippen molar-refractivity contribution in [3.63, 3.8) is 0 Å². The van der Waals surface area contributed by atoms with Crippen molar-refractivity contribution in [1.29, 1.82) is 0 Å². The highest BCUT2D eigenvalue weighted by Gasteiger charge is 2.52. The summed E-state index contributed by atoms with van der Waals surface area (Å²) in [4.78, 5) is 25.2. The predicted octanol–water partition coefficient (Wildman–Crippen LogP) is 4.06. The largest absolute Gasteiger partial charge is 0.466 e. The molecule has 5 nitrogen and oxygen atoms in total. The average molecular weight is 406 g/mol. The smallest absolute Gasteiger partial charge is 0.337 e. The topological polar surface area (TPSA) is 61.8 Å². The van der Waals surface area contributed by atoms with E-state index in [-0.39, 0.29) is 11.1 Å². The zero-order valence-corrected chi connectivity index (χ0v) is 18.2. The van der Waals surface area contributed by atoms with Gasteiger partial charge in [-0.15, -0.1) is 0 Å². The number of esters is 2. The van der Waals surface area contributed by atoms with E-state index >= 15 is 0 Å². The molecule has 0 amide bonds. The normalized spacial score (nSPS) is 24.8.